The maximum absolute atomic E-state index is 10.2. The van der Waals surface area contributed by atoms with Gasteiger partial charge in [-0.25, -0.2) is 0 Å². The molecule has 2 unspecified atom stereocenters. The summed E-state index contributed by atoms with van der Waals surface area (Å²) in [6.07, 6.45) is -1.33. The second-order valence-corrected chi connectivity index (χ2v) is 37.3. The molecule has 0 aliphatic heterocycles. The summed E-state index contributed by atoms with van der Waals surface area (Å²) >= 11 is 0. The van der Waals surface area contributed by atoms with Crippen LogP contribution in [-0.2, 0) is 20.6 Å². The lowest BCUT2D eigenvalue weighted by Gasteiger charge is -2.46. The molecule has 3 N–H and O–H groups in total. The topological polar surface area (TPSA) is 107 Å². The summed E-state index contributed by atoms with van der Waals surface area (Å²) in [5, 5.41) is 29.1. The molecule has 0 aliphatic carbocycles. The van der Waals surface area contributed by atoms with Crippen LogP contribution in [-0.4, -0.2) is 85.0 Å². The summed E-state index contributed by atoms with van der Waals surface area (Å²) in [5.41, 5.74) is 0. The van der Waals surface area contributed by atoms with Crippen LogP contribution in [0.25, 0.3) is 0 Å². The van der Waals surface area contributed by atoms with Gasteiger partial charge in [0.25, 0.3) is 0 Å². The lowest BCUT2D eigenvalue weighted by Crippen LogP contribution is -2.66. The summed E-state index contributed by atoms with van der Waals surface area (Å²) < 4.78 is 33.7. The first-order valence-electron chi connectivity index (χ1n) is 11.9. The zero-order valence-electron chi connectivity index (χ0n) is 23.4. The maximum Gasteiger partial charge on any atom is 0.472 e. The smallest absolute Gasteiger partial charge is 0.417 e. The third kappa shape index (κ3) is 16.4. The minimum atomic E-state index is -3.29. The molecule has 0 saturated carbocycles. The molecule has 33 heavy (non-hydrogen) atoms. The first kappa shape index (κ1) is 34.0. The van der Waals surface area contributed by atoms with E-state index in [9.17, 15) is 10.2 Å². The van der Waals surface area contributed by atoms with Gasteiger partial charge in [-0.1, -0.05) is 0 Å². The van der Waals surface area contributed by atoms with E-state index in [-0.39, 0.29) is 0 Å². The van der Waals surface area contributed by atoms with Gasteiger partial charge in [-0.15, -0.1) is 0 Å². The zero-order valence-corrected chi connectivity index (χ0v) is 29.4. The molecule has 2 atom stereocenters. The van der Waals surface area contributed by atoms with Crippen molar-refractivity contribution in [2.75, 3.05) is 6.61 Å². The lowest BCUT2D eigenvalue weighted by molar-refractivity contribution is -0.0180. The molecule has 0 heterocycles. The van der Waals surface area contributed by atoms with E-state index >= 15 is 0 Å². The molecule has 200 valence electrons. The molecule has 0 aromatic carbocycles. The summed E-state index contributed by atoms with van der Waals surface area (Å²) in [7, 11) is -14.6. The van der Waals surface area contributed by atoms with Crippen LogP contribution in [0.15, 0.2) is 0 Å². The molecule has 0 aromatic rings. The molecule has 0 rings (SSSR count). The molecule has 0 bridgehead atoms. The van der Waals surface area contributed by atoms with Crippen molar-refractivity contribution in [2.45, 2.75) is 116 Å². The Bertz CT molecular complexity index is 551. The molecule has 0 fully saturated rings. The zero-order chi connectivity index (χ0) is 26.5. The number of rotatable bonds is 16. The van der Waals surface area contributed by atoms with Gasteiger partial charge in [0.1, 0.15) is 6.10 Å². The van der Waals surface area contributed by atoms with Crippen LogP contribution >= 0.6 is 0 Å². The molecule has 0 radical (unpaired) electrons. The Morgan fingerprint density at radius 1 is 0.545 bits per heavy atom. The molecule has 0 saturated heterocycles. The first-order chi connectivity index (χ1) is 14.4. The Hall–Kier alpha value is 0.981. The van der Waals surface area contributed by atoms with Crippen molar-refractivity contribution in [3.8, 4) is 0 Å². The van der Waals surface area contributed by atoms with E-state index < -0.39 is 69.7 Å². The van der Waals surface area contributed by atoms with Crippen LogP contribution in [0.2, 0.25) is 91.2 Å². The van der Waals surface area contributed by atoms with E-state index in [1.54, 1.807) is 0 Å². The second-order valence-electron chi connectivity index (χ2n) is 12.7. The Balaban J connectivity index is 6.27. The van der Waals surface area contributed by atoms with Crippen molar-refractivity contribution in [2.24, 2.45) is 0 Å². The highest BCUT2D eigenvalue weighted by Crippen LogP contribution is 2.33. The second kappa shape index (κ2) is 12.5. The lowest BCUT2D eigenvalue weighted by atomic mass is 10.1. The standard InChI is InChI=1S/C19H52O8Si6/c1-28(2,3)23-32(13,24-29(4,5)6)27-33(25-30(7,8)9,26-31(10,11)12)16-14-15-18(21)19(22)17-20/h18-22H,14-17H2,1-13H3. The van der Waals surface area contributed by atoms with Crippen LogP contribution in [0, 0.1) is 0 Å². The number of hydrogen-bond acceptors (Lipinski definition) is 8. The van der Waals surface area contributed by atoms with E-state index in [1.807, 2.05) is 6.55 Å². The number of aliphatic hydroxyl groups excluding tert-OH is 3. The molecule has 0 spiro atoms. The van der Waals surface area contributed by atoms with E-state index in [1.165, 1.54) is 0 Å². The average molecular weight is 577 g/mol. The third-order valence-electron chi connectivity index (χ3n) is 3.86. The monoisotopic (exact) mass is 576 g/mol. The van der Waals surface area contributed by atoms with Crippen LogP contribution < -0.4 is 0 Å². The van der Waals surface area contributed by atoms with Crippen LogP contribution in [0.1, 0.15) is 12.8 Å². The summed E-state index contributed by atoms with van der Waals surface area (Å²) in [6, 6.07) is 0.490. The molecule has 0 amide bonds. The highest BCUT2D eigenvalue weighted by Gasteiger charge is 2.56. The van der Waals surface area contributed by atoms with E-state index in [2.05, 4.69) is 78.6 Å². The van der Waals surface area contributed by atoms with Crippen molar-refractivity contribution in [1.82, 2.24) is 0 Å². The molecule has 0 aromatic heterocycles. The minimum Gasteiger partial charge on any atom is -0.417 e. The predicted octanol–water partition coefficient (Wildman–Crippen LogP) is 4.41. The molecular formula is C19H52O8Si6. The van der Waals surface area contributed by atoms with Gasteiger partial charge in [0.15, 0.2) is 33.3 Å². The van der Waals surface area contributed by atoms with Crippen molar-refractivity contribution >= 4 is 50.9 Å². The van der Waals surface area contributed by atoms with Crippen molar-refractivity contribution < 1.29 is 35.9 Å². The van der Waals surface area contributed by atoms with E-state index in [0.717, 1.165) is 0 Å². The molecule has 14 heteroatoms. The van der Waals surface area contributed by atoms with Crippen LogP contribution in [0.3, 0.4) is 0 Å². The number of aliphatic hydroxyl groups is 3. The fraction of sp³-hybridized carbons (Fsp3) is 1.00. The Labute approximate surface area is 209 Å². The van der Waals surface area contributed by atoms with Crippen LogP contribution in [0.5, 0.6) is 0 Å². The van der Waals surface area contributed by atoms with E-state index in [4.69, 9.17) is 25.7 Å². The van der Waals surface area contributed by atoms with Crippen molar-refractivity contribution in [1.29, 1.82) is 0 Å². The first-order valence-corrected chi connectivity index (χ1v) is 29.7. The highest BCUT2D eigenvalue weighted by atomic mass is 28.5. The fourth-order valence-corrected chi connectivity index (χ4v) is 27.2. The van der Waals surface area contributed by atoms with Gasteiger partial charge >= 0.3 is 17.6 Å². The van der Waals surface area contributed by atoms with Gasteiger partial charge in [0.05, 0.1) is 12.7 Å². The summed E-state index contributed by atoms with van der Waals surface area (Å²) in [4.78, 5) is 0. The largest absolute Gasteiger partial charge is 0.472 e. The third-order valence-corrected chi connectivity index (χ3v) is 22.8. The molecule has 0 aliphatic rings. The van der Waals surface area contributed by atoms with Crippen molar-refractivity contribution in [3.63, 3.8) is 0 Å². The fourth-order valence-electron chi connectivity index (χ4n) is 3.45. The van der Waals surface area contributed by atoms with E-state index in [0.29, 0.717) is 18.9 Å². The molecule has 8 nitrogen and oxygen atoms in total. The maximum atomic E-state index is 10.2. The van der Waals surface area contributed by atoms with Crippen molar-refractivity contribution in [3.05, 3.63) is 0 Å². The predicted molar refractivity (Wildman–Crippen MR) is 149 cm³/mol. The van der Waals surface area contributed by atoms with Gasteiger partial charge in [0.2, 0.25) is 0 Å². The van der Waals surface area contributed by atoms with Gasteiger partial charge < -0.3 is 35.9 Å². The summed E-state index contributed by atoms with van der Waals surface area (Å²) in [5.74, 6) is 0. The Morgan fingerprint density at radius 3 is 1.21 bits per heavy atom. The van der Waals surface area contributed by atoms with Gasteiger partial charge in [-0.05, 0) is 91.4 Å². The average Bonchev–Trinajstić information content (AvgIpc) is 2.45. The van der Waals surface area contributed by atoms with Crippen LogP contribution in [0.4, 0.5) is 0 Å². The quantitative estimate of drug-likeness (QED) is 0.232. The SMILES string of the molecule is C[Si](C)(C)O[Si](C)(O[Si](C)(C)C)O[Si](CCCC(O)C(O)CO)(O[Si](C)(C)C)O[Si](C)(C)C. The highest BCUT2D eigenvalue weighted by molar-refractivity contribution is 6.92. The number of hydrogen-bond donors (Lipinski definition) is 3. The van der Waals surface area contributed by atoms with Gasteiger partial charge in [0, 0.05) is 12.6 Å². The normalized spacial score (nSPS) is 16.7. The van der Waals surface area contributed by atoms with Gasteiger partial charge in [-0.2, -0.15) is 0 Å². The Morgan fingerprint density at radius 2 is 0.909 bits per heavy atom. The minimum absolute atomic E-state index is 0.311. The van der Waals surface area contributed by atoms with Gasteiger partial charge in [-0.3, -0.25) is 0 Å². The molecular weight excluding hydrogens is 525 g/mol. The Kier molecular flexibility index (Phi) is 12.9. The summed E-state index contributed by atoms with van der Waals surface area (Å²) in [6.45, 7) is 27.0.